The molecular weight excluding hydrogens is 490 g/mol. The van der Waals surface area contributed by atoms with Crippen LogP contribution in [0.5, 0.6) is 0 Å². The number of sulfone groups is 1. The topological polar surface area (TPSA) is 105 Å². The van der Waals surface area contributed by atoms with Crippen molar-refractivity contribution in [3.05, 3.63) is 84.7 Å². The van der Waals surface area contributed by atoms with Crippen molar-refractivity contribution >= 4 is 44.1 Å². The summed E-state index contributed by atoms with van der Waals surface area (Å²) in [7, 11) is -3.31. The number of nitrogens with zero attached hydrogens (tertiary/aromatic N) is 4. The van der Waals surface area contributed by atoms with Crippen LogP contribution in [0.4, 0.5) is 11.4 Å². The van der Waals surface area contributed by atoms with E-state index >= 15 is 0 Å². The Labute approximate surface area is 215 Å². The number of hydrogen-bond acceptors (Lipinski definition) is 6. The first kappa shape index (κ1) is 24.5. The number of amides is 2. The van der Waals surface area contributed by atoms with Crippen molar-refractivity contribution in [2.24, 2.45) is 0 Å². The molecule has 2 aromatic heterocycles. The van der Waals surface area contributed by atoms with E-state index in [-0.39, 0.29) is 23.3 Å². The van der Waals surface area contributed by atoms with Gasteiger partial charge in [0.05, 0.1) is 10.5 Å². The predicted octanol–water partition coefficient (Wildman–Crippen LogP) is 3.04. The molecule has 1 N–H and O–H groups in total. The van der Waals surface area contributed by atoms with Gasteiger partial charge in [0, 0.05) is 61.6 Å². The SMILES string of the molecule is CS(=O)(=O)c1ccc(NC(=O)c2ccccc2N2CCN(C(=O)Cn3ccc4cccnc43)CC2)cc1. The average Bonchev–Trinajstić information content (AvgIpc) is 3.31. The number of hydrogen-bond donors (Lipinski definition) is 1. The van der Waals surface area contributed by atoms with Gasteiger partial charge in [-0.2, -0.15) is 0 Å². The lowest BCUT2D eigenvalue weighted by atomic mass is 10.1. The van der Waals surface area contributed by atoms with E-state index in [1.807, 2.05) is 46.0 Å². The van der Waals surface area contributed by atoms with E-state index in [4.69, 9.17) is 0 Å². The van der Waals surface area contributed by atoms with Gasteiger partial charge in [0.25, 0.3) is 5.91 Å². The molecule has 5 rings (SSSR count). The summed E-state index contributed by atoms with van der Waals surface area (Å²) in [6, 6.07) is 19.2. The smallest absolute Gasteiger partial charge is 0.257 e. The molecule has 0 atom stereocenters. The molecule has 1 aliphatic heterocycles. The summed E-state index contributed by atoms with van der Waals surface area (Å²) in [5, 5.41) is 3.85. The summed E-state index contributed by atoms with van der Waals surface area (Å²) in [5.41, 5.74) is 2.61. The minimum Gasteiger partial charge on any atom is -0.367 e. The summed E-state index contributed by atoms with van der Waals surface area (Å²) < 4.78 is 25.2. The van der Waals surface area contributed by atoms with Crippen LogP contribution >= 0.6 is 0 Å². The first-order chi connectivity index (χ1) is 17.8. The highest BCUT2D eigenvalue weighted by molar-refractivity contribution is 7.90. The molecule has 1 aliphatic rings. The number of piperazine rings is 1. The standard InChI is InChI=1S/C27H27N5O4S/c1-37(35,36)22-10-8-21(9-11-22)29-27(34)23-6-2-3-7-24(23)30-15-17-31(18-16-30)25(33)19-32-14-12-20-5-4-13-28-26(20)32/h2-14H,15-19H2,1H3,(H,29,34). The third-order valence-corrected chi connectivity index (χ3v) is 7.62. The molecule has 1 fully saturated rings. The summed E-state index contributed by atoms with van der Waals surface area (Å²) >= 11 is 0. The van der Waals surface area contributed by atoms with Crippen LogP contribution in [0.3, 0.4) is 0 Å². The van der Waals surface area contributed by atoms with Gasteiger partial charge in [0.2, 0.25) is 5.91 Å². The van der Waals surface area contributed by atoms with E-state index in [0.717, 1.165) is 23.0 Å². The maximum absolute atomic E-state index is 13.1. The second kappa shape index (κ2) is 10.1. The Morgan fingerprint density at radius 1 is 0.919 bits per heavy atom. The Bertz CT molecular complexity index is 1560. The Hall–Kier alpha value is -4.18. The van der Waals surface area contributed by atoms with Gasteiger partial charge in [-0.1, -0.05) is 12.1 Å². The van der Waals surface area contributed by atoms with E-state index < -0.39 is 9.84 Å². The van der Waals surface area contributed by atoms with Gasteiger partial charge >= 0.3 is 0 Å². The summed E-state index contributed by atoms with van der Waals surface area (Å²) in [4.78, 5) is 34.6. The second-order valence-electron chi connectivity index (χ2n) is 9.00. The van der Waals surface area contributed by atoms with Gasteiger partial charge in [-0.25, -0.2) is 13.4 Å². The largest absolute Gasteiger partial charge is 0.367 e. The number of aromatic nitrogens is 2. The highest BCUT2D eigenvalue weighted by atomic mass is 32.2. The number of fused-ring (bicyclic) bond motifs is 1. The molecular formula is C27H27N5O4S. The van der Waals surface area contributed by atoms with Gasteiger partial charge in [-0.3, -0.25) is 9.59 Å². The van der Waals surface area contributed by atoms with Crippen molar-refractivity contribution in [1.82, 2.24) is 14.5 Å². The minimum absolute atomic E-state index is 0.0337. The zero-order valence-electron chi connectivity index (χ0n) is 20.4. The van der Waals surface area contributed by atoms with E-state index in [0.29, 0.717) is 37.4 Å². The van der Waals surface area contributed by atoms with E-state index in [9.17, 15) is 18.0 Å². The molecule has 0 spiro atoms. The van der Waals surface area contributed by atoms with Gasteiger partial charge in [0.1, 0.15) is 12.2 Å². The normalized spacial score (nSPS) is 14.1. The van der Waals surface area contributed by atoms with Crippen molar-refractivity contribution in [3.8, 4) is 0 Å². The van der Waals surface area contributed by atoms with Gasteiger partial charge in [-0.15, -0.1) is 0 Å². The molecule has 0 radical (unpaired) electrons. The first-order valence-corrected chi connectivity index (χ1v) is 13.8. The summed E-state index contributed by atoms with van der Waals surface area (Å²) in [6.07, 6.45) is 4.75. The molecule has 1 saturated heterocycles. The predicted molar refractivity (Wildman–Crippen MR) is 142 cm³/mol. The zero-order chi connectivity index (χ0) is 26.0. The maximum Gasteiger partial charge on any atom is 0.257 e. The van der Waals surface area contributed by atoms with Crippen LogP contribution in [0.15, 0.2) is 84.0 Å². The van der Waals surface area contributed by atoms with Gasteiger partial charge in [-0.05, 0) is 54.6 Å². The molecule has 10 heteroatoms. The Balaban J connectivity index is 1.23. The lowest BCUT2D eigenvalue weighted by Crippen LogP contribution is -2.50. The fourth-order valence-electron chi connectivity index (χ4n) is 4.52. The van der Waals surface area contributed by atoms with Gasteiger partial charge in [0.15, 0.2) is 9.84 Å². The van der Waals surface area contributed by atoms with Crippen molar-refractivity contribution in [3.63, 3.8) is 0 Å². The van der Waals surface area contributed by atoms with E-state index in [2.05, 4.69) is 15.2 Å². The third kappa shape index (κ3) is 5.34. The second-order valence-corrected chi connectivity index (χ2v) is 11.0. The van der Waals surface area contributed by atoms with Crippen LogP contribution in [-0.2, 0) is 21.2 Å². The third-order valence-electron chi connectivity index (χ3n) is 6.49. The van der Waals surface area contributed by atoms with Crippen molar-refractivity contribution in [2.45, 2.75) is 11.4 Å². The highest BCUT2D eigenvalue weighted by Crippen LogP contribution is 2.24. The number of carbonyl (C=O) groups excluding carboxylic acids is 2. The number of rotatable bonds is 6. The molecule has 37 heavy (non-hydrogen) atoms. The highest BCUT2D eigenvalue weighted by Gasteiger charge is 2.24. The Morgan fingerprint density at radius 3 is 2.38 bits per heavy atom. The van der Waals surface area contributed by atoms with Crippen LogP contribution in [0, 0.1) is 0 Å². The van der Waals surface area contributed by atoms with Crippen molar-refractivity contribution < 1.29 is 18.0 Å². The van der Waals surface area contributed by atoms with Crippen molar-refractivity contribution in [2.75, 3.05) is 42.7 Å². The lowest BCUT2D eigenvalue weighted by molar-refractivity contribution is -0.132. The molecule has 0 saturated carbocycles. The number of nitrogens with one attached hydrogen (secondary N) is 1. The first-order valence-electron chi connectivity index (χ1n) is 11.9. The van der Waals surface area contributed by atoms with Crippen LogP contribution in [0.1, 0.15) is 10.4 Å². The summed E-state index contributed by atoms with van der Waals surface area (Å²) in [5.74, 6) is -0.250. The molecule has 3 heterocycles. The Kier molecular flexibility index (Phi) is 6.66. The molecule has 2 amide bonds. The maximum atomic E-state index is 13.1. The van der Waals surface area contributed by atoms with Crippen molar-refractivity contribution in [1.29, 1.82) is 0 Å². The number of anilines is 2. The molecule has 0 bridgehead atoms. The monoisotopic (exact) mass is 517 g/mol. The number of benzene rings is 2. The van der Waals surface area contributed by atoms with Gasteiger partial charge < -0.3 is 19.7 Å². The summed E-state index contributed by atoms with van der Waals surface area (Å²) in [6.45, 7) is 2.54. The van der Waals surface area contributed by atoms with Crippen LogP contribution in [0.2, 0.25) is 0 Å². The molecule has 0 aliphatic carbocycles. The zero-order valence-corrected chi connectivity index (χ0v) is 21.2. The van der Waals surface area contributed by atoms with Crippen LogP contribution in [-0.4, -0.2) is 67.1 Å². The van der Waals surface area contributed by atoms with E-state index in [1.165, 1.54) is 12.1 Å². The molecule has 0 unspecified atom stereocenters. The minimum atomic E-state index is -3.31. The number of carbonyl (C=O) groups is 2. The number of para-hydroxylation sites is 1. The fraction of sp³-hybridized carbons (Fsp3) is 0.222. The lowest BCUT2D eigenvalue weighted by Gasteiger charge is -2.37. The molecule has 9 nitrogen and oxygen atoms in total. The average molecular weight is 518 g/mol. The number of pyridine rings is 1. The quantitative estimate of drug-likeness (QED) is 0.422. The fourth-order valence-corrected chi connectivity index (χ4v) is 5.15. The van der Waals surface area contributed by atoms with E-state index in [1.54, 1.807) is 30.5 Å². The molecule has 2 aromatic carbocycles. The van der Waals surface area contributed by atoms with Crippen LogP contribution in [0.25, 0.3) is 11.0 Å². The molecule has 4 aromatic rings. The Morgan fingerprint density at radius 2 is 1.65 bits per heavy atom. The van der Waals surface area contributed by atoms with Crippen LogP contribution < -0.4 is 10.2 Å². The molecule has 190 valence electrons.